The van der Waals surface area contributed by atoms with Crippen molar-refractivity contribution in [2.45, 2.75) is 0 Å². The van der Waals surface area contributed by atoms with Crippen LogP contribution in [-0.2, 0) is 0 Å². The van der Waals surface area contributed by atoms with Crippen LogP contribution in [0.5, 0.6) is 0 Å². The van der Waals surface area contributed by atoms with E-state index in [0.717, 1.165) is 16.6 Å². The molecular weight excluding hydrogens is 305 g/mol. The van der Waals surface area contributed by atoms with Crippen molar-refractivity contribution in [3.05, 3.63) is 60.5 Å². The van der Waals surface area contributed by atoms with Crippen LogP contribution in [0.3, 0.4) is 0 Å². The topological polar surface area (TPSA) is 68.2 Å². The molecule has 0 aliphatic carbocycles. The molecule has 0 unspecified atom stereocenters. The van der Waals surface area contributed by atoms with Gasteiger partial charge in [0.2, 0.25) is 0 Å². The van der Waals surface area contributed by atoms with Crippen LogP contribution in [0.1, 0.15) is 0 Å². The van der Waals surface area contributed by atoms with Crippen molar-refractivity contribution < 1.29 is 4.39 Å². The van der Waals surface area contributed by atoms with Crippen LogP contribution in [0, 0.1) is 5.82 Å². The van der Waals surface area contributed by atoms with Crippen LogP contribution in [0.2, 0.25) is 0 Å². The summed E-state index contributed by atoms with van der Waals surface area (Å²) in [7, 11) is 0. The van der Waals surface area contributed by atoms with Gasteiger partial charge in [-0.25, -0.2) is 14.4 Å². The van der Waals surface area contributed by atoms with Crippen LogP contribution in [0.15, 0.2) is 54.7 Å². The van der Waals surface area contributed by atoms with Crippen LogP contribution >= 0.6 is 0 Å². The van der Waals surface area contributed by atoms with Gasteiger partial charge in [-0.1, -0.05) is 24.3 Å². The molecule has 120 valence electrons. The highest BCUT2D eigenvalue weighted by Gasteiger charge is 2.13. The van der Waals surface area contributed by atoms with Crippen LogP contribution in [-0.4, -0.2) is 27.5 Å². The zero-order valence-corrected chi connectivity index (χ0v) is 12.9. The highest BCUT2D eigenvalue weighted by atomic mass is 19.1. The predicted molar refractivity (Wildman–Crippen MR) is 93.4 cm³/mol. The van der Waals surface area contributed by atoms with E-state index in [0.29, 0.717) is 30.2 Å². The van der Waals surface area contributed by atoms with Gasteiger partial charge in [-0.15, -0.1) is 0 Å². The monoisotopic (exact) mass is 321 g/mol. The number of nitrogens with one attached hydrogen (secondary N) is 1. The van der Waals surface area contributed by atoms with E-state index < -0.39 is 0 Å². The minimum absolute atomic E-state index is 0.283. The number of halogens is 1. The van der Waals surface area contributed by atoms with E-state index in [1.807, 2.05) is 40.9 Å². The lowest BCUT2D eigenvalue weighted by Crippen LogP contribution is -2.14. The standard InChI is InChI=1S/C18H16FN5/c19-13-5-3-4-12(10-13)15-11-24-16-7-2-1-6-14(16)22-17(18(24)23-15)21-9-8-20/h1-7,10-11H,8-9,20H2,(H,21,22). The largest absolute Gasteiger partial charge is 0.366 e. The molecule has 4 rings (SSSR count). The maximum atomic E-state index is 13.5. The third-order valence-electron chi connectivity index (χ3n) is 3.85. The molecular formula is C18H16FN5. The molecule has 6 heteroatoms. The molecule has 3 N–H and O–H groups in total. The van der Waals surface area contributed by atoms with Crippen molar-refractivity contribution in [3.8, 4) is 11.3 Å². The van der Waals surface area contributed by atoms with Gasteiger partial charge in [0.25, 0.3) is 0 Å². The summed E-state index contributed by atoms with van der Waals surface area (Å²) < 4.78 is 15.5. The van der Waals surface area contributed by atoms with Gasteiger partial charge in [-0.05, 0) is 24.3 Å². The summed E-state index contributed by atoms with van der Waals surface area (Å²) >= 11 is 0. The number of fused-ring (bicyclic) bond motifs is 3. The van der Waals surface area contributed by atoms with Crippen molar-refractivity contribution in [1.29, 1.82) is 0 Å². The Morgan fingerprint density at radius 2 is 1.96 bits per heavy atom. The molecule has 0 aliphatic heterocycles. The number of para-hydroxylation sites is 2. The Hall–Kier alpha value is -2.99. The fourth-order valence-electron chi connectivity index (χ4n) is 2.76. The Labute approximate surface area is 138 Å². The van der Waals surface area contributed by atoms with Gasteiger partial charge in [0.15, 0.2) is 11.5 Å². The van der Waals surface area contributed by atoms with E-state index in [2.05, 4.69) is 15.3 Å². The molecule has 24 heavy (non-hydrogen) atoms. The third-order valence-corrected chi connectivity index (χ3v) is 3.85. The molecule has 0 atom stereocenters. The van der Waals surface area contributed by atoms with E-state index in [-0.39, 0.29) is 5.82 Å². The quantitative estimate of drug-likeness (QED) is 0.606. The van der Waals surface area contributed by atoms with Gasteiger partial charge in [-0.2, -0.15) is 0 Å². The van der Waals surface area contributed by atoms with Crippen LogP contribution in [0.4, 0.5) is 10.2 Å². The number of nitrogens with two attached hydrogens (primary N) is 1. The zero-order chi connectivity index (χ0) is 16.5. The summed E-state index contributed by atoms with van der Waals surface area (Å²) in [5.74, 6) is 0.385. The Morgan fingerprint density at radius 1 is 1.08 bits per heavy atom. The Balaban J connectivity index is 1.97. The van der Waals surface area contributed by atoms with Gasteiger partial charge in [-0.3, -0.25) is 4.40 Å². The summed E-state index contributed by atoms with van der Waals surface area (Å²) in [6.07, 6.45) is 1.90. The van der Waals surface area contributed by atoms with E-state index in [1.165, 1.54) is 12.1 Å². The molecule has 0 spiro atoms. The van der Waals surface area contributed by atoms with Gasteiger partial charge in [0, 0.05) is 24.8 Å². The molecule has 0 bridgehead atoms. The maximum Gasteiger partial charge on any atom is 0.181 e. The number of imidazole rings is 1. The fourth-order valence-corrected chi connectivity index (χ4v) is 2.76. The van der Waals surface area contributed by atoms with Gasteiger partial charge in [0.1, 0.15) is 5.82 Å². The number of hydrogen-bond acceptors (Lipinski definition) is 4. The molecule has 4 aromatic rings. The summed E-state index contributed by atoms with van der Waals surface area (Å²) in [4.78, 5) is 9.30. The average Bonchev–Trinajstić information content (AvgIpc) is 3.05. The minimum atomic E-state index is -0.283. The third kappa shape index (κ3) is 2.47. The molecule has 5 nitrogen and oxygen atoms in total. The zero-order valence-electron chi connectivity index (χ0n) is 12.9. The van der Waals surface area contributed by atoms with Crippen LogP contribution in [0.25, 0.3) is 27.9 Å². The molecule has 2 heterocycles. The minimum Gasteiger partial charge on any atom is -0.366 e. The van der Waals surface area contributed by atoms with E-state index in [1.54, 1.807) is 6.07 Å². The first kappa shape index (κ1) is 14.6. The second-order valence-electron chi connectivity index (χ2n) is 5.49. The lowest BCUT2D eigenvalue weighted by molar-refractivity contribution is 0.628. The van der Waals surface area contributed by atoms with E-state index >= 15 is 0 Å². The molecule has 0 radical (unpaired) electrons. The Kier molecular flexibility index (Phi) is 3.59. The second kappa shape index (κ2) is 5.90. The smallest absolute Gasteiger partial charge is 0.181 e. The molecule has 0 fully saturated rings. The number of anilines is 1. The molecule has 0 saturated heterocycles. The van der Waals surface area contributed by atoms with Gasteiger partial charge < -0.3 is 11.1 Å². The van der Waals surface area contributed by atoms with Gasteiger partial charge in [0.05, 0.1) is 16.7 Å². The summed E-state index contributed by atoms with van der Waals surface area (Å²) in [6, 6.07) is 14.3. The number of hydrogen-bond donors (Lipinski definition) is 2. The predicted octanol–water partition coefficient (Wildman–Crippen LogP) is 3.06. The number of benzene rings is 2. The van der Waals surface area contributed by atoms with Crippen molar-refractivity contribution in [2.24, 2.45) is 5.73 Å². The lowest BCUT2D eigenvalue weighted by Gasteiger charge is -2.08. The van der Waals surface area contributed by atoms with Crippen molar-refractivity contribution >= 4 is 22.5 Å². The summed E-state index contributed by atoms with van der Waals surface area (Å²) in [5, 5.41) is 3.21. The summed E-state index contributed by atoms with van der Waals surface area (Å²) in [6.45, 7) is 1.10. The molecule has 2 aromatic carbocycles. The normalized spacial score (nSPS) is 11.2. The van der Waals surface area contributed by atoms with E-state index in [4.69, 9.17) is 5.73 Å². The highest BCUT2D eigenvalue weighted by molar-refractivity contribution is 5.84. The first-order valence-electron chi connectivity index (χ1n) is 7.74. The van der Waals surface area contributed by atoms with Crippen molar-refractivity contribution in [2.75, 3.05) is 18.4 Å². The van der Waals surface area contributed by atoms with Crippen molar-refractivity contribution in [3.63, 3.8) is 0 Å². The lowest BCUT2D eigenvalue weighted by atomic mass is 10.2. The maximum absolute atomic E-state index is 13.5. The summed E-state index contributed by atoms with van der Waals surface area (Å²) in [5.41, 5.74) is 9.51. The Morgan fingerprint density at radius 3 is 2.79 bits per heavy atom. The molecule has 0 amide bonds. The highest BCUT2D eigenvalue weighted by Crippen LogP contribution is 2.26. The molecule has 0 aliphatic rings. The van der Waals surface area contributed by atoms with E-state index in [9.17, 15) is 4.39 Å². The molecule has 2 aromatic heterocycles. The van der Waals surface area contributed by atoms with Crippen molar-refractivity contribution in [1.82, 2.24) is 14.4 Å². The first-order valence-corrected chi connectivity index (χ1v) is 7.74. The number of nitrogens with zero attached hydrogens (tertiary/aromatic N) is 3. The number of aromatic nitrogens is 3. The number of rotatable bonds is 4. The van der Waals surface area contributed by atoms with Crippen LogP contribution < -0.4 is 11.1 Å². The average molecular weight is 321 g/mol. The van der Waals surface area contributed by atoms with Gasteiger partial charge >= 0.3 is 0 Å². The SMILES string of the molecule is NCCNc1nc2ccccc2n2cc(-c3cccc(F)c3)nc12. The molecule has 0 saturated carbocycles. The fraction of sp³-hybridized carbons (Fsp3) is 0.111. The first-order chi connectivity index (χ1) is 11.8. The second-order valence-corrected chi connectivity index (χ2v) is 5.49. The Bertz CT molecular complexity index is 1020.